The van der Waals surface area contributed by atoms with Gasteiger partial charge >= 0.3 is 5.97 Å². The van der Waals surface area contributed by atoms with E-state index in [-0.39, 0.29) is 55.1 Å². The molecule has 0 radical (unpaired) electrons. The van der Waals surface area contributed by atoms with Gasteiger partial charge in [0.2, 0.25) is 11.7 Å². The van der Waals surface area contributed by atoms with Crippen molar-refractivity contribution in [2.45, 2.75) is 76.9 Å². The zero-order chi connectivity index (χ0) is 31.0. The first-order chi connectivity index (χ1) is 20.4. The topological polar surface area (TPSA) is 139 Å². The van der Waals surface area contributed by atoms with Crippen molar-refractivity contribution in [1.82, 2.24) is 5.32 Å². The van der Waals surface area contributed by atoms with E-state index in [4.69, 9.17) is 9.47 Å². The van der Waals surface area contributed by atoms with Crippen LogP contribution in [-0.2, 0) is 30.3 Å². The number of amides is 1. The molecule has 7 atom stereocenters. The summed E-state index contributed by atoms with van der Waals surface area (Å²) in [7, 11) is 1.60. The summed E-state index contributed by atoms with van der Waals surface area (Å²) in [4.78, 5) is 50.1. The van der Waals surface area contributed by atoms with Gasteiger partial charge in [0.1, 0.15) is 11.4 Å². The Morgan fingerprint density at radius 2 is 1.84 bits per heavy atom. The summed E-state index contributed by atoms with van der Waals surface area (Å²) in [5, 5.41) is 26.1. The number of hydrogen-bond donors (Lipinski definition) is 3. The minimum absolute atomic E-state index is 0.0107. The number of allylic oxidation sites excluding steroid dienone is 4. The number of benzene rings is 1. The predicted molar refractivity (Wildman–Crippen MR) is 158 cm³/mol. The Bertz CT molecular complexity index is 1330. The Morgan fingerprint density at radius 1 is 1.09 bits per heavy atom. The number of hydrogen-bond acceptors (Lipinski definition) is 8. The lowest BCUT2D eigenvalue weighted by Crippen LogP contribution is -2.61. The van der Waals surface area contributed by atoms with Gasteiger partial charge in [-0.05, 0) is 80.2 Å². The van der Waals surface area contributed by atoms with Crippen LogP contribution < -0.4 is 10.1 Å². The van der Waals surface area contributed by atoms with Crippen LogP contribution in [0.5, 0.6) is 5.75 Å². The molecule has 3 saturated carbocycles. The first-order valence-electron chi connectivity index (χ1n) is 15.3. The van der Waals surface area contributed by atoms with E-state index in [0.717, 1.165) is 29.7 Å². The van der Waals surface area contributed by atoms with Crippen molar-refractivity contribution < 1.29 is 38.9 Å². The van der Waals surface area contributed by atoms with E-state index in [1.807, 2.05) is 37.3 Å². The van der Waals surface area contributed by atoms with Gasteiger partial charge in [-0.2, -0.15) is 0 Å². The summed E-state index contributed by atoms with van der Waals surface area (Å²) in [5.41, 5.74) is -0.932. The Hall–Kier alpha value is -3.30. The van der Waals surface area contributed by atoms with Crippen molar-refractivity contribution in [3.05, 3.63) is 53.6 Å². The average molecular weight is 594 g/mol. The van der Waals surface area contributed by atoms with E-state index in [1.54, 1.807) is 19.3 Å². The molecule has 232 valence electrons. The lowest BCUT2D eigenvalue weighted by atomic mass is 9.46. The smallest absolute Gasteiger partial charge is 0.306 e. The molecule has 3 N–H and O–H groups in total. The van der Waals surface area contributed by atoms with E-state index < -0.39 is 40.9 Å². The second kappa shape index (κ2) is 12.0. The Labute approximate surface area is 252 Å². The number of Topliss-reactive ketones (excluding diaryl/α,β-unsaturated/α-hetero) is 1. The summed E-state index contributed by atoms with van der Waals surface area (Å²) in [6.45, 7) is 3.81. The minimum atomic E-state index is -1.72. The van der Waals surface area contributed by atoms with E-state index in [2.05, 4.69) is 12.2 Å². The van der Waals surface area contributed by atoms with Crippen LogP contribution in [0.2, 0.25) is 0 Å². The molecule has 5 rings (SSSR count). The molecule has 9 heteroatoms. The van der Waals surface area contributed by atoms with Gasteiger partial charge in [0.15, 0.2) is 12.4 Å². The SMILES string of the molecule is COc1ccc(CCNC(=O)CCC(=O)OCC(=O)C2(O)CCC3C4CCC5=CC(=O)C=CC5(C)C4C(O)CC32C)cc1. The van der Waals surface area contributed by atoms with Gasteiger partial charge in [0.25, 0.3) is 0 Å². The quantitative estimate of drug-likeness (QED) is 0.352. The van der Waals surface area contributed by atoms with Crippen LogP contribution in [0.15, 0.2) is 48.1 Å². The predicted octanol–water partition coefficient (Wildman–Crippen LogP) is 3.26. The van der Waals surface area contributed by atoms with Crippen LogP contribution in [0.3, 0.4) is 0 Å². The van der Waals surface area contributed by atoms with Crippen LogP contribution in [0.25, 0.3) is 0 Å². The lowest BCUT2D eigenvalue weighted by molar-refractivity contribution is -0.181. The largest absolute Gasteiger partial charge is 0.497 e. The van der Waals surface area contributed by atoms with Crippen LogP contribution >= 0.6 is 0 Å². The second-order valence-electron chi connectivity index (χ2n) is 13.1. The molecule has 3 fully saturated rings. The number of carbonyl (C=O) groups excluding carboxylic acids is 4. The minimum Gasteiger partial charge on any atom is -0.497 e. The summed E-state index contributed by atoms with van der Waals surface area (Å²) in [6.07, 6.45) is 7.50. The third-order valence-corrected chi connectivity index (χ3v) is 10.9. The average Bonchev–Trinajstić information content (AvgIpc) is 3.25. The highest BCUT2D eigenvalue weighted by Gasteiger charge is 2.68. The highest BCUT2D eigenvalue weighted by Crippen LogP contribution is 2.67. The lowest BCUT2D eigenvalue weighted by Gasteiger charge is -2.59. The Kier molecular flexibility index (Phi) is 8.69. The van der Waals surface area contributed by atoms with Crippen LogP contribution in [-0.4, -0.2) is 65.6 Å². The third kappa shape index (κ3) is 5.69. The number of aliphatic hydroxyl groups is 2. The number of fused-ring (bicyclic) bond motifs is 5. The molecule has 4 aliphatic carbocycles. The van der Waals surface area contributed by atoms with Gasteiger partial charge < -0.3 is 25.0 Å². The van der Waals surface area contributed by atoms with Gasteiger partial charge in [0.05, 0.1) is 19.6 Å². The fourth-order valence-electron chi connectivity index (χ4n) is 8.57. The molecule has 9 nitrogen and oxygen atoms in total. The van der Waals surface area contributed by atoms with Gasteiger partial charge in [-0.1, -0.05) is 37.6 Å². The molecule has 1 aromatic rings. The second-order valence-corrected chi connectivity index (χ2v) is 13.1. The van der Waals surface area contributed by atoms with Crippen molar-refractivity contribution in [3.8, 4) is 5.75 Å². The van der Waals surface area contributed by atoms with Crippen molar-refractivity contribution in [3.63, 3.8) is 0 Å². The molecule has 0 heterocycles. The third-order valence-electron chi connectivity index (χ3n) is 10.9. The molecule has 0 aromatic heterocycles. The number of ketones is 2. The number of carbonyl (C=O) groups is 4. The Morgan fingerprint density at radius 3 is 2.56 bits per heavy atom. The molecule has 43 heavy (non-hydrogen) atoms. The van der Waals surface area contributed by atoms with Gasteiger partial charge in [-0.15, -0.1) is 0 Å². The molecule has 0 bridgehead atoms. The fraction of sp³-hybridized carbons (Fsp3) is 0.588. The van der Waals surface area contributed by atoms with Crippen molar-refractivity contribution in [2.75, 3.05) is 20.3 Å². The maximum Gasteiger partial charge on any atom is 0.306 e. The highest BCUT2D eigenvalue weighted by molar-refractivity contribution is 6.01. The molecular weight excluding hydrogens is 550 g/mol. The summed E-state index contributed by atoms with van der Waals surface area (Å²) in [6, 6.07) is 7.55. The number of esters is 1. The zero-order valence-electron chi connectivity index (χ0n) is 25.3. The van der Waals surface area contributed by atoms with Gasteiger partial charge in [-0.3, -0.25) is 19.2 Å². The van der Waals surface area contributed by atoms with E-state index in [9.17, 15) is 29.4 Å². The van der Waals surface area contributed by atoms with Crippen LogP contribution in [0, 0.1) is 28.6 Å². The molecule has 0 aliphatic heterocycles. The van der Waals surface area contributed by atoms with Crippen molar-refractivity contribution in [2.24, 2.45) is 28.6 Å². The van der Waals surface area contributed by atoms with Crippen LogP contribution in [0.1, 0.15) is 64.4 Å². The summed E-state index contributed by atoms with van der Waals surface area (Å²) >= 11 is 0. The molecule has 1 aromatic carbocycles. The first-order valence-corrected chi connectivity index (χ1v) is 15.3. The molecule has 1 amide bonds. The highest BCUT2D eigenvalue weighted by atomic mass is 16.5. The van der Waals surface area contributed by atoms with E-state index >= 15 is 0 Å². The molecule has 7 unspecified atom stereocenters. The standard InChI is InChI=1S/C34H43NO8/c1-32-15-12-23(36)18-22(32)6-9-25-26-13-16-34(41,33(26,2)19-27(37)31(25)32)28(38)20-43-30(40)11-10-29(39)35-17-14-21-4-7-24(42-3)8-5-21/h4-5,7-8,12,15,18,25-27,31,37,41H,6,9-11,13-14,16-17,19-20H2,1-3H3,(H,35,39). The van der Waals surface area contributed by atoms with Gasteiger partial charge in [0, 0.05) is 29.7 Å². The van der Waals surface area contributed by atoms with E-state index in [0.29, 0.717) is 19.4 Å². The molecule has 4 aliphatic rings. The summed E-state index contributed by atoms with van der Waals surface area (Å²) in [5.74, 6) is -0.805. The fourth-order valence-corrected chi connectivity index (χ4v) is 8.57. The van der Waals surface area contributed by atoms with Gasteiger partial charge in [-0.25, -0.2) is 0 Å². The zero-order valence-corrected chi connectivity index (χ0v) is 25.3. The maximum atomic E-state index is 13.4. The maximum absolute atomic E-state index is 13.4. The first kappa shape index (κ1) is 31.1. The number of methoxy groups -OCH3 is 1. The Balaban J connectivity index is 1.12. The normalized spacial score (nSPS) is 34.3. The molecule has 0 saturated heterocycles. The number of nitrogens with one attached hydrogen (secondary N) is 1. The molecule has 0 spiro atoms. The summed E-state index contributed by atoms with van der Waals surface area (Å²) < 4.78 is 10.4. The number of aliphatic hydroxyl groups excluding tert-OH is 1. The number of rotatable bonds is 10. The van der Waals surface area contributed by atoms with Crippen molar-refractivity contribution in [1.29, 1.82) is 0 Å². The monoisotopic (exact) mass is 593 g/mol. The van der Waals surface area contributed by atoms with Crippen molar-refractivity contribution >= 4 is 23.4 Å². The number of ether oxygens (including phenoxy) is 2. The van der Waals surface area contributed by atoms with Crippen LogP contribution in [0.4, 0.5) is 0 Å². The molecular formula is C34H43NO8. The van der Waals surface area contributed by atoms with E-state index in [1.165, 1.54) is 0 Å².